The Balaban J connectivity index is 1.86. The average Bonchev–Trinajstić information content (AvgIpc) is 2.89. The highest BCUT2D eigenvalue weighted by atomic mass is 16.6. The Hall–Kier alpha value is -2.82. The average molecular weight is 283 g/mol. The third kappa shape index (κ3) is 2.72. The largest absolute Gasteiger partial charge is 0.478 e. The second-order valence-corrected chi connectivity index (χ2v) is 4.64. The molecule has 0 saturated heterocycles. The van der Waals surface area contributed by atoms with Crippen LogP contribution >= 0.6 is 0 Å². The van der Waals surface area contributed by atoms with Crippen LogP contribution in [0.25, 0.3) is 11.1 Å². The van der Waals surface area contributed by atoms with Crippen LogP contribution in [0, 0.1) is 0 Å². The summed E-state index contributed by atoms with van der Waals surface area (Å²) in [4.78, 5) is 15.1. The van der Waals surface area contributed by atoms with Crippen molar-refractivity contribution in [3.63, 3.8) is 0 Å². The molecule has 3 rings (SSSR count). The summed E-state index contributed by atoms with van der Waals surface area (Å²) in [5, 5.41) is 8.95. The highest BCUT2D eigenvalue weighted by molar-refractivity contribution is 5.91. The SMILES string of the molecule is CC(Oc1nc2ccc(C(=O)O)cc2o1)c1ccccc1. The molecule has 1 atom stereocenters. The molecule has 1 N–H and O–H groups in total. The van der Waals surface area contributed by atoms with Crippen LogP contribution in [0.4, 0.5) is 0 Å². The lowest BCUT2D eigenvalue weighted by molar-refractivity contribution is 0.0696. The summed E-state index contributed by atoms with van der Waals surface area (Å²) in [5.74, 6) is -1.01. The predicted octanol–water partition coefficient (Wildman–Crippen LogP) is 3.67. The van der Waals surface area contributed by atoms with Gasteiger partial charge in [0.15, 0.2) is 5.58 Å². The van der Waals surface area contributed by atoms with Crippen molar-refractivity contribution in [3.05, 3.63) is 59.7 Å². The lowest BCUT2D eigenvalue weighted by Gasteiger charge is -2.10. The number of aromatic carboxylic acids is 1. The number of nitrogens with zero attached hydrogens (tertiary/aromatic N) is 1. The first-order chi connectivity index (χ1) is 10.1. The Labute approximate surface area is 120 Å². The molecule has 0 radical (unpaired) electrons. The Kier molecular flexibility index (Phi) is 3.31. The molecule has 2 aromatic carbocycles. The standard InChI is InChI=1S/C16H13NO4/c1-10(11-5-3-2-4-6-11)20-16-17-13-8-7-12(15(18)19)9-14(13)21-16/h2-10H,1H3,(H,18,19). The highest BCUT2D eigenvalue weighted by Gasteiger charge is 2.14. The first-order valence-corrected chi connectivity index (χ1v) is 6.49. The second-order valence-electron chi connectivity index (χ2n) is 4.64. The fourth-order valence-electron chi connectivity index (χ4n) is 2.03. The first-order valence-electron chi connectivity index (χ1n) is 6.49. The lowest BCUT2D eigenvalue weighted by atomic mass is 10.1. The van der Waals surface area contributed by atoms with Crippen LogP contribution in [0.5, 0.6) is 6.08 Å². The van der Waals surface area contributed by atoms with Crippen LogP contribution in [0.15, 0.2) is 52.9 Å². The highest BCUT2D eigenvalue weighted by Crippen LogP contribution is 2.26. The number of ether oxygens (including phenoxy) is 1. The zero-order valence-corrected chi connectivity index (χ0v) is 11.3. The summed E-state index contributed by atoms with van der Waals surface area (Å²) in [6, 6.07) is 14.2. The summed E-state index contributed by atoms with van der Waals surface area (Å²) in [6.45, 7) is 1.90. The van der Waals surface area contributed by atoms with Gasteiger partial charge in [0.05, 0.1) is 5.56 Å². The Morgan fingerprint density at radius 2 is 2.00 bits per heavy atom. The maximum absolute atomic E-state index is 10.9. The molecule has 5 nitrogen and oxygen atoms in total. The van der Waals surface area contributed by atoms with E-state index >= 15 is 0 Å². The summed E-state index contributed by atoms with van der Waals surface area (Å²) in [6.07, 6.45) is -0.0814. The fourth-order valence-corrected chi connectivity index (χ4v) is 2.03. The van der Waals surface area contributed by atoms with E-state index in [1.165, 1.54) is 12.1 Å². The molecule has 0 aliphatic rings. The molecular weight excluding hydrogens is 270 g/mol. The number of rotatable bonds is 4. The first kappa shape index (κ1) is 13.2. The smallest absolute Gasteiger partial charge is 0.395 e. The van der Waals surface area contributed by atoms with Gasteiger partial charge in [-0.25, -0.2) is 4.79 Å². The second kappa shape index (κ2) is 5.28. The van der Waals surface area contributed by atoms with Gasteiger partial charge in [-0.3, -0.25) is 0 Å². The fraction of sp³-hybridized carbons (Fsp3) is 0.125. The van der Waals surface area contributed by atoms with Crippen LogP contribution in [-0.2, 0) is 0 Å². The van der Waals surface area contributed by atoms with Gasteiger partial charge in [-0.05, 0) is 30.7 Å². The topological polar surface area (TPSA) is 72.6 Å². The minimum Gasteiger partial charge on any atom is -0.478 e. The van der Waals surface area contributed by atoms with Gasteiger partial charge >= 0.3 is 12.0 Å². The Morgan fingerprint density at radius 1 is 1.24 bits per heavy atom. The molecule has 1 unspecified atom stereocenters. The quantitative estimate of drug-likeness (QED) is 0.791. The summed E-state index contributed by atoms with van der Waals surface area (Å²) in [7, 11) is 0. The van der Waals surface area contributed by atoms with E-state index in [9.17, 15) is 4.79 Å². The van der Waals surface area contributed by atoms with Crippen LogP contribution in [0.1, 0.15) is 28.9 Å². The molecule has 0 aliphatic heterocycles. The van der Waals surface area contributed by atoms with Crippen LogP contribution in [-0.4, -0.2) is 16.1 Å². The van der Waals surface area contributed by atoms with Gasteiger partial charge in [-0.1, -0.05) is 30.3 Å². The van der Waals surface area contributed by atoms with E-state index < -0.39 is 5.97 Å². The van der Waals surface area contributed by atoms with E-state index in [0.717, 1.165) is 5.56 Å². The molecular formula is C16H13NO4. The van der Waals surface area contributed by atoms with Crippen LogP contribution < -0.4 is 4.74 Å². The third-order valence-corrected chi connectivity index (χ3v) is 3.16. The molecule has 0 saturated carbocycles. The number of benzene rings is 2. The van der Waals surface area contributed by atoms with E-state index in [1.807, 2.05) is 37.3 Å². The minimum absolute atomic E-state index is 0.129. The third-order valence-electron chi connectivity index (χ3n) is 3.16. The van der Waals surface area contributed by atoms with Crippen molar-refractivity contribution in [1.29, 1.82) is 0 Å². The maximum atomic E-state index is 10.9. The van der Waals surface area contributed by atoms with Crippen molar-refractivity contribution >= 4 is 17.1 Å². The van der Waals surface area contributed by atoms with Gasteiger partial charge < -0.3 is 14.3 Å². The van der Waals surface area contributed by atoms with Crippen molar-refractivity contribution < 1.29 is 19.1 Å². The molecule has 1 aromatic heterocycles. The number of aromatic nitrogens is 1. The molecule has 5 heteroatoms. The number of oxazole rings is 1. The lowest BCUT2D eigenvalue weighted by Crippen LogP contribution is -2.02. The number of hydrogen-bond donors (Lipinski definition) is 1. The summed E-state index contributed by atoms with van der Waals surface area (Å²) in [5.41, 5.74) is 2.12. The van der Waals surface area contributed by atoms with Crippen LogP contribution in [0.3, 0.4) is 0 Å². The number of carbonyl (C=O) groups is 1. The number of carboxylic acids is 1. The number of carboxylic acid groups (broad SMARTS) is 1. The van der Waals surface area contributed by atoms with Crippen molar-refractivity contribution in [2.45, 2.75) is 13.0 Å². The van der Waals surface area contributed by atoms with E-state index in [4.69, 9.17) is 14.3 Å². The van der Waals surface area contributed by atoms with Gasteiger partial charge in [-0.2, -0.15) is 4.98 Å². The zero-order chi connectivity index (χ0) is 14.8. The van der Waals surface area contributed by atoms with Gasteiger partial charge in [0, 0.05) is 0 Å². The Morgan fingerprint density at radius 3 is 2.71 bits per heavy atom. The summed E-state index contributed by atoms with van der Waals surface area (Å²) >= 11 is 0. The predicted molar refractivity (Wildman–Crippen MR) is 76.5 cm³/mol. The normalized spacial score (nSPS) is 12.2. The van der Waals surface area contributed by atoms with Gasteiger partial charge in [0.1, 0.15) is 11.6 Å². The van der Waals surface area contributed by atoms with E-state index in [1.54, 1.807) is 6.07 Å². The summed E-state index contributed by atoms with van der Waals surface area (Å²) < 4.78 is 11.1. The molecule has 0 aliphatic carbocycles. The maximum Gasteiger partial charge on any atom is 0.395 e. The monoisotopic (exact) mass is 283 g/mol. The minimum atomic E-state index is -1.01. The zero-order valence-electron chi connectivity index (χ0n) is 11.3. The molecule has 0 amide bonds. The molecule has 0 spiro atoms. The molecule has 106 valence electrons. The number of hydrogen-bond acceptors (Lipinski definition) is 4. The molecule has 1 heterocycles. The van der Waals surface area contributed by atoms with Crippen LogP contribution in [0.2, 0.25) is 0 Å². The number of fused-ring (bicyclic) bond motifs is 1. The van der Waals surface area contributed by atoms with Gasteiger partial charge in [0.25, 0.3) is 0 Å². The van der Waals surface area contributed by atoms with Gasteiger partial charge in [0.2, 0.25) is 0 Å². The van der Waals surface area contributed by atoms with Crippen molar-refractivity contribution in [1.82, 2.24) is 4.98 Å². The van der Waals surface area contributed by atoms with Gasteiger partial charge in [-0.15, -0.1) is 0 Å². The van der Waals surface area contributed by atoms with Crippen molar-refractivity contribution in [2.75, 3.05) is 0 Å². The molecule has 21 heavy (non-hydrogen) atoms. The molecule has 0 bridgehead atoms. The molecule has 0 fully saturated rings. The van der Waals surface area contributed by atoms with Crippen molar-refractivity contribution in [3.8, 4) is 6.08 Å². The van der Waals surface area contributed by atoms with E-state index in [0.29, 0.717) is 11.1 Å². The molecule has 3 aromatic rings. The van der Waals surface area contributed by atoms with E-state index in [2.05, 4.69) is 4.98 Å². The Bertz CT molecular complexity index is 779. The van der Waals surface area contributed by atoms with E-state index in [-0.39, 0.29) is 17.7 Å². The van der Waals surface area contributed by atoms with Crippen molar-refractivity contribution in [2.24, 2.45) is 0 Å².